The minimum absolute atomic E-state index is 0.102. The summed E-state index contributed by atoms with van der Waals surface area (Å²) in [5.41, 5.74) is 0.963. The van der Waals surface area contributed by atoms with E-state index >= 15 is 0 Å². The predicted octanol–water partition coefficient (Wildman–Crippen LogP) is 1.45. The van der Waals surface area contributed by atoms with Gasteiger partial charge in [0.25, 0.3) is 0 Å². The third kappa shape index (κ3) is 1.69. The SMILES string of the molecule is CCn1cc(C2CC(=O)C=CO2)cn1. The molecule has 1 aliphatic heterocycles. The van der Waals surface area contributed by atoms with Crippen molar-refractivity contribution in [2.75, 3.05) is 0 Å². The molecule has 14 heavy (non-hydrogen) atoms. The van der Waals surface area contributed by atoms with Crippen LogP contribution < -0.4 is 0 Å². The third-order valence-electron chi connectivity index (χ3n) is 2.23. The predicted molar refractivity (Wildman–Crippen MR) is 50.5 cm³/mol. The highest BCUT2D eigenvalue weighted by molar-refractivity contribution is 5.90. The van der Waals surface area contributed by atoms with Crippen molar-refractivity contribution in [3.8, 4) is 0 Å². The van der Waals surface area contributed by atoms with Crippen LogP contribution >= 0.6 is 0 Å². The summed E-state index contributed by atoms with van der Waals surface area (Å²) in [5.74, 6) is 0.102. The number of hydrogen-bond donors (Lipinski definition) is 0. The van der Waals surface area contributed by atoms with Crippen LogP contribution in [0.2, 0.25) is 0 Å². The Bertz CT molecular complexity index is 368. The van der Waals surface area contributed by atoms with E-state index in [1.165, 1.54) is 12.3 Å². The molecule has 1 unspecified atom stereocenters. The Kier molecular flexibility index (Phi) is 2.35. The number of allylic oxidation sites excluding steroid dienone is 1. The highest BCUT2D eigenvalue weighted by Gasteiger charge is 2.19. The van der Waals surface area contributed by atoms with Gasteiger partial charge in [0.2, 0.25) is 0 Å². The molecule has 2 rings (SSSR count). The molecule has 0 fully saturated rings. The van der Waals surface area contributed by atoms with E-state index < -0.39 is 0 Å². The van der Waals surface area contributed by atoms with Crippen LogP contribution in [0.15, 0.2) is 24.7 Å². The first-order chi connectivity index (χ1) is 6.79. The second kappa shape index (κ2) is 3.65. The molecule has 0 saturated heterocycles. The molecule has 0 aromatic carbocycles. The van der Waals surface area contributed by atoms with Crippen molar-refractivity contribution in [2.45, 2.75) is 26.0 Å². The fourth-order valence-corrected chi connectivity index (χ4v) is 1.42. The highest BCUT2D eigenvalue weighted by atomic mass is 16.5. The molecule has 1 atom stereocenters. The lowest BCUT2D eigenvalue weighted by molar-refractivity contribution is -0.118. The summed E-state index contributed by atoms with van der Waals surface area (Å²) in [6.07, 6.45) is 6.83. The molecule has 1 aromatic rings. The molecule has 1 aromatic heterocycles. The smallest absolute Gasteiger partial charge is 0.162 e. The first-order valence-corrected chi connectivity index (χ1v) is 4.67. The Morgan fingerprint density at radius 1 is 1.71 bits per heavy atom. The number of aryl methyl sites for hydroxylation is 1. The summed E-state index contributed by atoms with van der Waals surface area (Å²) in [4.78, 5) is 11.1. The maximum atomic E-state index is 11.1. The van der Waals surface area contributed by atoms with Crippen LogP contribution in [0.5, 0.6) is 0 Å². The molecule has 2 heterocycles. The number of ether oxygens (including phenoxy) is 1. The Morgan fingerprint density at radius 3 is 3.21 bits per heavy atom. The molecule has 0 N–H and O–H groups in total. The number of aromatic nitrogens is 2. The lowest BCUT2D eigenvalue weighted by atomic mass is 10.1. The van der Waals surface area contributed by atoms with Crippen LogP contribution in [0, 0.1) is 0 Å². The van der Waals surface area contributed by atoms with E-state index in [1.807, 2.05) is 17.8 Å². The Labute approximate surface area is 82.2 Å². The lowest BCUT2D eigenvalue weighted by Gasteiger charge is -2.16. The number of carbonyl (C=O) groups is 1. The van der Waals surface area contributed by atoms with Gasteiger partial charge in [-0.1, -0.05) is 0 Å². The zero-order valence-electron chi connectivity index (χ0n) is 8.01. The van der Waals surface area contributed by atoms with Gasteiger partial charge in [-0.25, -0.2) is 0 Å². The fourth-order valence-electron chi connectivity index (χ4n) is 1.42. The second-order valence-corrected chi connectivity index (χ2v) is 3.23. The zero-order valence-corrected chi connectivity index (χ0v) is 8.01. The number of carbonyl (C=O) groups excluding carboxylic acids is 1. The number of hydrogen-bond acceptors (Lipinski definition) is 3. The van der Waals surface area contributed by atoms with Gasteiger partial charge in [0.15, 0.2) is 5.78 Å². The van der Waals surface area contributed by atoms with Crippen molar-refractivity contribution in [1.82, 2.24) is 9.78 Å². The van der Waals surface area contributed by atoms with E-state index in [9.17, 15) is 4.79 Å². The topological polar surface area (TPSA) is 44.1 Å². The fraction of sp³-hybridized carbons (Fsp3) is 0.400. The minimum Gasteiger partial charge on any atom is -0.493 e. The van der Waals surface area contributed by atoms with Crippen LogP contribution in [0.1, 0.15) is 25.0 Å². The molecule has 74 valence electrons. The van der Waals surface area contributed by atoms with Gasteiger partial charge < -0.3 is 4.74 Å². The maximum absolute atomic E-state index is 11.1. The number of ketones is 1. The third-order valence-corrected chi connectivity index (χ3v) is 2.23. The highest BCUT2D eigenvalue weighted by Crippen LogP contribution is 2.24. The number of nitrogens with zero attached hydrogens (tertiary/aromatic N) is 2. The largest absolute Gasteiger partial charge is 0.493 e. The quantitative estimate of drug-likeness (QED) is 0.712. The van der Waals surface area contributed by atoms with Gasteiger partial charge in [0.05, 0.1) is 18.9 Å². The Hall–Kier alpha value is -1.58. The van der Waals surface area contributed by atoms with Gasteiger partial charge in [0, 0.05) is 24.4 Å². The summed E-state index contributed by atoms with van der Waals surface area (Å²) in [6.45, 7) is 2.85. The molecular weight excluding hydrogens is 180 g/mol. The second-order valence-electron chi connectivity index (χ2n) is 3.23. The molecule has 0 saturated carbocycles. The summed E-state index contributed by atoms with van der Waals surface area (Å²) < 4.78 is 7.16. The van der Waals surface area contributed by atoms with Gasteiger partial charge in [-0.15, -0.1) is 0 Å². The molecule has 0 spiro atoms. The van der Waals surface area contributed by atoms with Crippen LogP contribution in [0.25, 0.3) is 0 Å². The van der Waals surface area contributed by atoms with Gasteiger partial charge >= 0.3 is 0 Å². The standard InChI is InChI=1S/C10H12N2O2/c1-2-12-7-8(6-11-12)10-5-9(13)3-4-14-10/h3-4,6-7,10H,2,5H2,1H3. The molecule has 4 heteroatoms. The normalized spacial score (nSPS) is 20.9. The lowest BCUT2D eigenvalue weighted by Crippen LogP contribution is -2.10. The molecule has 0 aliphatic carbocycles. The van der Waals surface area contributed by atoms with Crippen molar-refractivity contribution < 1.29 is 9.53 Å². The van der Waals surface area contributed by atoms with Gasteiger partial charge in [-0.05, 0) is 6.92 Å². The van der Waals surface area contributed by atoms with E-state index in [0.29, 0.717) is 6.42 Å². The van der Waals surface area contributed by atoms with E-state index in [0.717, 1.165) is 12.1 Å². The average Bonchev–Trinajstić information content (AvgIpc) is 2.66. The van der Waals surface area contributed by atoms with Crippen LogP contribution in [-0.2, 0) is 16.1 Å². The van der Waals surface area contributed by atoms with Crippen LogP contribution in [0.3, 0.4) is 0 Å². The van der Waals surface area contributed by atoms with Crippen molar-refractivity contribution in [3.05, 3.63) is 30.3 Å². The average molecular weight is 192 g/mol. The number of rotatable bonds is 2. The summed E-state index contributed by atoms with van der Waals surface area (Å²) in [6, 6.07) is 0. The van der Waals surface area contributed by atoms with Crippen LogP contribution in [-0.4, -0.2) is 15.6 Å². The summed E-state index contributed by atoms with van der Waals surface area (Å²) in [5, 5.41) is 4.14. The van der Waals surface area contributed by atoms with Crippen molar-refractivity contribution >= 4 is 5.78 Å². The first-order valence-electron chi connectivity index (χ1n) is 4.67. The molecular formula is C10H12N2O2. The molecule has 0 radical (unpaired) electrons. The van der Waals surface area contributed by atoms with E-state index in [2.05, 4.69) is 5.10 Å². The first kappa shape index (κ1) is 8.99. The molecule has 0 amide bonds. The van der Waals surface area contributed by atoms with E-state index in [1.54, 1.807) is 6.20 Å². The summed E-state index contributed by atoms with van der Waals surface area (Å²) >= 11 is 0. The minimum atomic E-state index is -0.159. The molecule has 4 nitrogen and oxygen atoms in total. The Morgan fingerprint density at radius 2 is 2.57 bits per heavy atom. The molecule has 1 aliphatic rings. The van der Waals surface area contributed by atoms with Gasteiger partial charge in [-0.2, -0.15) is 5.10 Å². The van der Waals surface area contributed by atoms with E-state index in [4.69, 9.17) is 4.74 Å². The Balaban J connectivity index is 2.15. The van der Waals surface area contributed by atoms with Gasteiger partial charge in [0.1, 0.15) is 6.10 Å². The van der Waals surface area contributed by atoms with Crippen molar-refractivity contribution in [2.24, 2.45) is 0 Å². The molecule has 0 bridgehead atoms. The van der Waals surface area contributed by atoms with Crippen LogP contribution in [0.4, 0.5) is 0 Å². The zero-order chi connectivity index (χ0) is 9.97. The maximum Gasteiger partial charge on any atom is 0.162 e. The van der Waals surface area contributed by atoms with Crippen molar-refractivity contribution in [1.29, 1.82) is 0 Å². The monoisotopic (exact) mass is 192 g/mol. The summed E-state index contributed by atoms with van der Waals surface area (Å²) in [7, 11) is 0. The van der Waals surface area contributed by atoms with Gasteiger partial charge in [-0.3, -0.25) is 9.48 Å². The van der Waals surface area contributed by atoms with Crippen molar-refractivity contribution in [3.63, 3.8) is 0 Å². The van der Waals surface area contributed by atoms with E-state index in [-0.39, 0.29) is 11.9 Å².